The van der Waals surface area contributed by atoms with Crippen LogP contribution in [0.2, 0.25) is 0 Å². The number of rotatable bonds is 3. The van der Waals surface area contributed by atoms with Gasteiger partial charge in [-0.05, 0) is 44.0 Å². The number of aromatic nitrogens is 1. The molecule has 0 radical (unpaired) electrons. The highest BCUT2D eigenvalue weighted by Gasteiger charge is 2.30. The van der Waals surface area contributed by atoms with Crippen LogP contribution in [0.5, 0.6) is 0 Å². The molecule has 2 nitrogen and oxygen atoms in total. The number of alkyl halides is 3. The van der Waals surface area contributed by atoms with Crippen LogP contribution in [-0.4, -0.2) is 12.0 Å². The molecule has 3 rings (SSSR count). The summed E-state index contributed by atoms with van der Waals surface area (Å²) in [6.07, 6.45) is -1.07. The molecule has 112 valence electrons. The van der Waals surface area contributed by atoms with Crippen molar-refractivity contribution in [2.75, 3.05) is 7.05 Å². The molecule has 1 aliphatic rings. The Bertz CT molecular complexity index is 610. The zero-order valence-electron chi connectivity index (χ0n) is 11.5. The van der Waals surface area contributed by atoms with Gasteiger partial charge in [-0.3, -0.25) is 0 Å². The molecule has 0 saturated heterocycles. The van der Waals surface area contributed by atoms with Crippen molar-refractivity contribution in [3.8, 4) is 0 Å². The Morgan fingerprint density at radius 2 is 1.90 bits per heavy atom. The molecule has 0 fully saturated rings. The monoisotopic (exact) mass is 312 g/mol. The first-order valence-electron chi connectivity index (χ1n) is 6.82. The van der Waals surface area contributed by atoms with E-state index in [9.17, 15) is 13.2 Å². The first-order chi connectivity index (χ1) is 9.99. The number of hydrogen-bond acceptors (Lipinski definition) is 3. The number of hydrogen-bond donors (Lipinski definition) is 1. The first kappa shape index (κ1) is 14.5. The fourth-order valence-electron chi connectivity index (χ4n) is 2.63. The fourth-order valence-corrected chi connectivity index (χ4v) is 3.92. The standard InChI is InChI=1S/C15H15F3N2S/c1-19-13(14-20-11-3-2-4-12(11)21-14)9-5-7-10(8-6-9)15(16,17)18/h5-8,13,19H,2-4H2,1H3. The summed E-state index contributed by atoms with van der Waals surface area (Å²) < 4.78 is 37.8. The average molecular weight is 312 g/mol. The van der Waals surface area contributed by atoms with E-state index in [4.69, 9.17) is 0 Å². The lowest BCUT2D eigenvalue weighted by Gasteiger charge is -2.15. The molecule has 1 N–H and O–H groups in total. The fraction of sp³-hybridized carbons (Fsp3) is 0.400. The third-order valence-electron chi connectivity index (χ3n) is 3.72. The number of benzene rings is 1. The van der Waals surface area contributed by atoms with E-state index in [1.54, 1.807) is 18.4 Å². The molecule has 1 aromatic carbocycles. The van der Waals surface area contributed by atoms with E-state index in [0.29, 0.717) is 0 Å². The number of aryl methyl sites for hydroxylation is 2. The lowest BCUT2D eigenvalue weighted by Crippen LogP contribution is -2.18. The average Bonchev–Trinajstić information content (AvgIpc) is 3.00. The quantitative estimate of drug-likeness (QED) is 0.928. The summed E-state index contributed by atoms with van der Waals surface area (Å²) in [7, 11) is 1.80. The maximum Gasteiger partial charge on any atom is 0.416 e. The maximum atomic E-state index is 12.6. The van der Waals surface area contributed by atoms with E-state index in [0.717, 1.165) is 47.7 Å². The first-order valence-corrected chi connectivity index (χ1v) is 7.63. The molecule has 0 saturated carbocycles. The van der Waals surface area contributed by atoms with Crippen molar-refractivity contribution in [1.29, 1.82) is 0 Å². The maximum absolute atomic E-state index is 12.6. The van der Waals surface area contributed by atoms with Crippen molar-refractivity contribution in [1.82, 2.24) is 10.3 Å². The molecule has 0 amide bonds. The third kappa shape index (κ3) is 2.82. The summed E-state index contributed by atoms with van der Waals surface area (Å²) in [5.41, 5.74) is 1.34. The zero-order chi connectivity index (χ0) is 15.0. The number of thiazole rings is 1. The van der Waals surface area contributed by atoms with Gasteiger partial charge in [0.15, 0.2) is 0 Å². The molecule has 21 heavy (non-hydrogen) atoms. The van der Waals surface area contributed by atoms with Crippen molar-refractivity contribution >= 4 is 11.3 Å². The number of fused-ring (bicyclic) bond motifs is 1. The van der Waals surface area contributed by atoms with Crippen molar-refractivity contribution in [2.45, 2.75) is 31.5 Å². The molecule has 1 aliphatic carbocycles. The lowest BCUT2D eigenvalue weighted by atomic mass is 10.1. The minimum atomic E-state index is -4.30. The van der Waals surface area contributed by atoms with Crippen molar-refractivity contribution in [2.24, 2.45) is 0 Å². The van der Waals surface area contributed by atoms with Crippen LogP contribution in [0, 0.1) is 0 Å². The lowest BCUT2D eigenvalue weighted by molar-refractivity contribution is -0.137. The minimum Gasteiger partial charge on any atom is -0.307 e. The molecule has 0 aliphatic heterocycles. The van der Waals surface area contributed by atoms with Crippen LogP contribution in [0.25, 0.3) is 0 Å². The Morgan fingerprint density at radius 3 is 2.48 bits per heavy atom. The number of nitrogens with one attached hydrogen (secondary N) is 1. The summed E-state index contributed by atoms with van der Waals surface area (Å²) >= 11 is 1.66. The van der Waals surface area contributed by atoms with Gasteiger partial charge in [-0.1, -0.05) is 12.1 Å². The summed E-state index contributed by atoms with van der Waals surface area (Å²) in [6, 6.07) is 5.15. The summed E-state index contributed by atoms with van der Waals surface area (Å²) in [5.74, 6) is 0. The molecule has 0 spiro atoms. The van der Waals surface area contributed by atoms with Gasteiger partial charge < -0.3 is 5.32 Å². The normalized spacial score (nSPS) is 16.0. The molecule has 0 bridgehead atoms. The van der Waals surface area contributed by atoms with E-state index in [1.807, 2.05) is 0 Å². The van der Waals surface area contributed by atoms with E-state index >= 15 is 0 Å². The van der Waals surface area contributed by atoms with Crippen molar-refractivity contribution < 1.29 is 13.2 Å². The van der Waals surface area contributed by atoms with E-state index < -0.39 is 11.7 Å². The van der Waals surface area contributed by atoms with Gasteiger partial charge in [0.25, 0.3) is 0 Å². The Hall–Kier alpha value is -1.40. The number of halogens is 3. The van der Waals surface area contributed by atoms with Gasteiger partial charge in [-0.2, -0.15) is 13.2 Å². The molecular weight excluding hydrogens is 297 g/mol. The second-order valence-corrected chi connectivity index (χ2v) is 6.23. The van der Waals surface area contributed by atoms with Crippen LogP contribution in [0.4, 0.5) is 13.2 Å². The van der Waals surface area contributed by atoms with Gasteiger partial charge in [0.05, 0.1) is 17.3 Å². The molecule has 1 heterocycles. The van der Waals surface area contributed by atoms with Gasteiger partial charge in [0.1, 0.15) is 5.01 Å². The molecule has 1 unspecified atom stereocenters. The predicted octanol–water partition coefficient (Wildman–Crippen LogP) is 3.96. The van der Waals surface area contributed by atoms with E-state index in [1.165, 1.54) is 17.0 Å². The van der Waals surface area contributed by atoms with Crippen molar-refractivity contribution in [3.63, 3.8) is 0 Å². The van der Waals surface area contributed by atoms with Crippen molar-refractivity contribution in [3.05, 3.63) is 51.0 Å². The zero-order valence-corrected chi connectivity index (χ0v) is 12.3. The van der Waals surface area contributed by atoms with Crippen LogP contribution in [0.3, 0.4) is 0 Å². The highest BCUT2D eigenvalue weighted by atomic mass is 32.1. The Morgan fingerprint density at radius 1 is 1.19 bits per heavy atom. The summed E-state index contributed by atoms with van der Waals surface area (Å²) in [6.45, 7) is 0. The Kier molecular flexibility index (Phi) is 3.75. The van der Waals surface area contributed by atoms with Gasteiger partial charge >= 0.3 is 6.18 Å². The SMILES string of the molecule is CNC(c1ccc(C(F)(F)F)cc1)c1nc2c(s1)CCC2. The molecule has 1 aromatic heterocycles. The molecule has 2 aromatic rings. The highest BCUT2D eigenvalue weighted by molar-refractivity contribution is 7.11. The minimum absolute atomic E-state index is 0.150. The van der Waals surface area contributed by atoms with Crippen LogP contribution < -0.4 is 5.32 Å². The Balaban J connectivity index is 1.89. The largest absolute Gasteiger partial charge is 0.416 e. The third-order valence-corrected chi connectivity index (χ3v) is 4.94. The smallest absolute Gasteiger partial charge is 0.307 e. The summed E-state index contributed by atoms with van der Waals surface area (Å²) in [4.78, 5) is 5.96. The van der Waals surface area contributed by atoms with Crippen LogP contribution in [0.15, 0.2) is 24.3 Å². The molecule has 1 atom stereocenters. The second kappa shape index (κ2) is 5.42. The van der Waals surface area contributed by atoms with Gasteiger partial charge in [0.2, 0.25) is 0 Å². The van der Waals surface area contributed by atoms with Gasteiger partial charge in [-0.25, -0.2) is 4.98 Å². The molecular formula is C15H15F3N2S. The Labute approximate surface area is 125 Å². The molecule has 6 heteroatoms. The second-order valence-electron chi connectivity index (χ2n) is 5.12. The van der Waals surface area contributed by atoms with Crippen LogP contribution in [-0.2, 0) is 19.0 Å². The van der Waals surface area contributed by atoms with Gasteiger partial charge in [0, 0.05) is 4.88 Å². The number of nitrogens with zero attached hydrogens (tertiary/aromatic N) is 1. The van der Waals surface area contributed by atoms with E-state index in [2.05, 4.69) is 10.3 Å². The predicted molar refractivity (Wildman–Crippen MR) is 76.5 cm³/mol. The van der Waals surface area contributed by atoms with Crippen LogP contribution in [0.1, 0.15) is 39.2 Å². The van der Waals surface area contributed by atoms with Crippen LogP contribution >= 0.6 is 11.3 Å². The van der Waals surface area contributed by atoms with E-state index in [-0.39, 0.29) is 6.04 Å². The summed E-state index contributed by atoms with van der Waals surface area (Å²) in [5, 5.41) is 4.08. The topological polar surface area (TPSA) is 24.9 Å². The highest BCUT2D eigenvalue weighted by Crippen LogP contribution is 2.34. The van der Waals surface area contributed by atoms with Gasteiger partial charge in [-0.15, -0.1) is 11.3 Å².